The number of carbonyl (C=O) groups excluding carboxylic acids is 2. The van der Waals surface area contributed by atoms with Gasteiger partial charge < -0.3 is 11.1 Å². The zero-order valence-corrected chi connectivity index (χ0v) is 12.2. The van der Waals surface area contributed by atoms with Crippen LogP contribution in [0.15, 0.2) is 24.3 Å². The quantitative estimate of drug-likeness (QED) is 0.796. The smallest absolute Gasteiger partial charge is 0.239 e. The molecular weight excluding hydrogens is 280 g/mol. The third-order valence-electron chi connectivity index (χ3n) is 2.92. The van der Waals surface area contributed by atoms with E-state index in [1.807, 2.05) is 19.1 Å². The van der Waals surface area contributed by atoms with Gasteiger partial charge in [0.1, 0.15) is 11.0 Å². The lowest BCUT2D eigenvalue weighted by Gasteiger charge is -2.10. The average molecular weight is 298 g/mol. The molecule has 1 aromatic carbocycles. The van der Waals surface area contributed by atoms with E-state index in [0.29, 0.717) is 5.69 Å². The maximum Gasteiger partial charge on any atom is 0.239 e. The molecule has 1 unspecified atom stereocenters. The number of primary amides is 1. The molecule has 6 nitrogen and oxygen atoms in total. The molecule has 0 fully saturated rings. The van der Waals surface area contributed by atoms with Crippen LogP contribution in [-0.4, -0.2) is 31.2 Å². The minimum atomic E-state index is -3.88. The number of hydrogen-bond donors (Lipinski definition) is 2. The van der Waals surface area contributed by atoms with E-state index in [4.69, 9.17) is 5.73 Å². The van der Waals surface area contributed by atoms with Crippen molar-refractivity contribution in [2.45, 2.75) is 25.5 Å². The Bertz CT molecular complexity index is 593. The number of anilines is 1. The van der Waals surface area contributed by atoms with Crippen molar-refractivity contribution in [2.75, 3.05) is 11.1 Å². The van der Waals surface area contributed by atoms with E-state index in [-0.39, 0.29) is 0 Å². The lowest BCUT2D eigenvalue weighted by molar-refractivity contribution is -0.117. The molecule has 0 saturated heterocycles. The lowest BCUT2D eigenvalue weighted by atomic mass is 10.1. The van der Waals surface area contributed by atoms with Crippen LogP contribution in [-0.2, 0) is 25.8 Å². The minimum absolute atomic E-state index is 0.508. The first kappa shape index (κ1) is 16.2. The highest BCUT2D eigenvalue weighted by Gasteiger charge is 2.28. The fourth-order valence-corrected chi connectivity index (χ4v) is 2.55. The third-order valence-corrected chi connectivity index (χ3v) is 4.89. The van der Waals surface area contributed by atoms with Crippen molar-refractivity contribution in [3.05, 3.63) is 29.8 Å². The number of sulfone groups is 1. The molecule has 0 heterocycles. The molecule has 1 aromatic rings. The molecule has 0 aliphatic carbocycles. The van der Waals surface area contributed by atoms with Crippen molar-refractivity contribution < 1.29 is 18.0 Å². The first-order valence-corrected chi connectivity index (χ1v) is 7.87. The second-order valence-corrected chi connectivity index (χ2v) is 6.77. The van der Waals surface area contributed by atoms with Gasteiger partial charge in [-0.3, -0.25) is 9.59 Å². The minimum Gasteiger partial charge on any atom is -0.369 e. The molecule has 2 amide bonds. The zero-order valence-electron chi connectivity index (χ0n) is 11.4. The summed E-state index contributed by atoms with van der Waals surface area (Å²) in [5, 5.41) is 1.09. The van der Waals surface area contributed by atoms with Crippen molar-refractivity contribution in [1.82, 2.24) is 0 Å². The fraction of sp³-hybridized carbons (Fsp3) is 0.385. The van der Waals surface area contributed by atoms with E-state index in [1.54, 1.807) is 12.1 Å². The standard InChI is InChI=1S/C13H18N2O4S/c1-3-10-4-6-11(7-5-10)15-12(16)8-20(18,19)9(2)13(14)17/h4-7,9H,3,8H2,1-2H3,(H2,14,17)(H,15,16). The van der Waals surface area contributed by atoms with Crippen LogP contribution in [0.2, 0.25) is 0 Å². The van der Waals surface area contributed by atoms with E-state index in [9.17, 15) is 18.0 Å². The molecule has 0 saturated carbocycles. The van der Waals surface area contributed by atoms with E-state index < -0.39 is 32.7 Å². The summed E-state index contributed by atoms with van der Waals surface area (Å²) in [6.45, 7) is 3.17. The molecule has 20 heavy (non-hydrogen) atoms. The lowest BCUT2D eigenvalue weighted by Crippen LogP contribution is -2.37. The summed E-state index contributed by atoms with van der Waals surface area (Å²) in [5.41, 5.74) is 6.55. The van der Waals surface area contributed by atoms with Gasteiger partial charge in [0.15, 0.2) is 9.84 Å². The monoisotopic (exact) mass is 298 g/mol. The number of aryl methyl sites for hydroxylation is 1. The Morgan fingerprint density at radius 3 is 2.25 bits per heavy atom. The maximum atomic E-state index is 11.7. The van der Waals surface area contributed by atoms with Gasteiger partial charge in [0, 0.05) is 5.69 Å². The summed E-state index contributed by atoms with van der Waals surface area (Å²) in [7, 11) is -3.88. The molecule has 0 aliphatic heterocycles. The fourth-order valence-electron chi connectivity index (χ4n) is 1.51. The van der Waals surface area contributed by atoms with Crippen LogP contribution in [0.3, 0.4) is 0 Å². The van der Waals surface area contributed by atoms with Gasteiger partial charge in [-0.2, -0.15) is 0 Å². The Labute approximate surface area is 118 Å². The predicted octanol–water partition coefficient (Wildman–Crippen LogP) is 0.476. The van der Waals surface area contributed by atoms with Crippen LogP contribution in [0, 0.1) is 0 Å². The molecule has 7 heteroatoms. The number of amides is 2. The van der Waals surface area contributed by atoms with E-state index in [0.717, 1.165) is 12.0 Å². The summed E-state index contributed by atoms with van der Waals surface area (Å²) < 4.78 is 23.4. The molecule has 0 aromatic heterocycles. The van der Waals surface area contributed by atoms with Gasteiger partial charge in [-0.1, -0.05) is 19.1 Å². The molecule has 3 N–H and O–H groups in total. The van der Waals surface area contributed by atoms with Gasteiger partial charge >= 0.3 is 0 Å². The summed E-state index contributed by atoms with van der Waals surface area (Å²) in [6, 6.07) is 7.08. The molecular formula is C13H18N2O4S. The van der Waals surface area contributed by atoms with Gasteiger partial charge in [-0.15, -0.1) is 0 Å². The average Bonchev–Trinajstić information content (AvgIpc) is 2.37. The van der Waals surface area contributed by atoms with Gasteiger partial charge in [0.05, 0.1) is 0 Å². The number of nitrogens with one attached hydrogen (secondary N) is 1. The normalized spacial score (nSPS) is 12.7. The zero-order chi connectivity index (χ0) is 15.3. The summed E-state index contributed by atoms with van der Waals surface area (Å²) in [5.74, 6) is -2.43. The molecule has 0 bridgehead atoms. The van der Waals surface area contributed by atoms with Crippen LogP contribution in [0.1, 0.15) is 19.4 Å². The number of hydrogen-bond acceptors (Lipinski definition) is 4. The van der Waals surface area contributed by atoms with Gasteiger partial charge in [0.2, 0.25) is 11.8 Å². The third kappa shape index (κ3) is 4.34. The van der Waals surface area contributed by atoms with Gasteiger partial charge in [-0.25, -0.2) is 8.42 Å². The molecule has 110 valence electrons. The number of carbonyl (C=O) groups is 2. The highest BCUT2D eigenvalue weighted by atomic mass is 32.2. The number of rotatable bonds is 6. The van der Waals surface area contributed by atoms with Crippen molar-refractivity contribution in [3.8, 4) is 0 Å². The maximum absolute atomic E-state index is 11.7. The molecule has 0 radical (unpaired) electrons. The van der Waals surface area contributed by atoms with Crippen LogP contribution >= 0.6 is 0 Å². The van der Waals surface area contributed by atoms with E-state index in [2.05, 4.69) is 5.32 Å². The Morgan fingerprint density at radius 1 is 1.25 bits per heavy atom. The summed E-state index contributed by atoms with van der Waals surface area (Å²) >= 11 is 0. The Kier molecular flexibility index (Phi) is 5.26. The molecule has 0 spiro atoms. The van der Waals surface area contributed by atoms with Crippen LogP contribution in [0.5, 0.6) is 0 Å². The highest BCUT2D eigenvalue weighted by Crippen LogP contribution is 2.10. The van der Waals surface area contributed by atoms with Crippen LogP contribution in [0.25, 0.3) is 0 Å². The van der Waals surface area contributed by atoms with E-state index in [1.165, 1.54) is 6.92 Å². The van der Waals surface area contributed by atoms with Crippen molar-refractivity contribution >= 4 is 27.3 Å². The highest BCUT2D eigenvalue weighted by molar-refractivity contribution is 7.93. The van der Waals surface area contributed by atoms with Gasteiger partial charge in [0.25, 0.3) is 0 Å². The van der Waals surface area contributed by atoms with Crippen LogP contribution < -0.4 is 11.1 Å². The van der Waals surface area contributed by atoms with Crippen molar-refractivity contribution in [3.63, 3.8) is 0 Å². The molecule has 1 atom stereocenters. The second kappa shape index (κ2) is 6.51. The Balaban J connectivity index is 2.70. The molecule has 1 rings (SSSR count). The topological polar surface area (TPSA) is 106 Å². The SMILES string of the molecule is CCc1ccc(NC(=O)CS(=O)(=O)C(C)C(N)=O)cc1. The summed E-state index contributed by atoms with van der Waals surface area (Å²) in [6.07, 6.45) is 0.874. The van der Waals surface area contributed by atoms with Crippen molar-refractivity contribution in [1.29, 1.82) is 0 Å². The molecule has 0 aliphatic rings. The van der Waals surface area contributed by atoms with Crippen LogP contribution in [0.4, 0.5) is 5.69 Å². The van der Waals surface area contributed by atoms with Crippen molar-refractivity contribution in [2.24, 2.45) is 5.73 Å². The number of nitrogens with two attached hydrogens (primary N) is 1. The Hall–Kier alpha value is -1.89. The largest absolute Gasteiger partial charge is 0.369 e. The van der Waals surface area contributed by atoms with E-state index >= 15 is 0 Å². The Morgan fingerprint density at radius 2 is 1.80 bits per heavy atom. The summed E-state index contributed by atoms with van der Waals surface area (Å²) in [4.78, 5) is 22.5. The first-order chi connectivity index (χ1) is 9.26. The predicted molar refractivity (Wildman–Crippen MR) is 76.9 cm³/mol. The van der Waals surface area contributed by atoms with Gasteiger partial charge in [-0.05, 0) is 31.0 Å². The number of benzene rings is 1. The first-order valence-electron chi connectivity index (χ1n) is 6.16. The second-order valence-electron chi connectivity index (χ2n) is 4.45.